The van der Waals surface area contributed by atoms with Gasteiger partial charge in [0.25, 0.3) is 5.91 Å². The van der Waals surface area contributed by atoms with E-state index in [4.69, 9.17) is 4.52 Å². The van der Waals surface area contributed by atoms with Crippen LogP contribution in [0.1, 0.15) is 16.3 Å². The third kappa shape index (κ3) is 4.81. The van der Waals surface area contributed by atoms with Crippen molar-refractivity contribution in [3.63, 3.8) is 0 Å². The average Bonchev–Trinajstić information content (AvgIpc) is 3.15. The molecule has 27 heavy (non-hydrogen) atoms. The highest BCUT2D eigenvalue weighted by molar-refractivity contribution is 5.93. The largest absolute Gasteiger partial charge is 0.368 e. The highest BCUT2D eigenvalue weighted by Gasteiger charge is 2.13. The van der Waals surface area contributed by atoms with Gasteiger partial charge in [0.15, 0.2) is 11.5 Å². The van der Waals surface area contributed by atoms with Gasteiger partial charge >= 0.3 is 0 Å². The van der Waals surface area contributed by atoms with Gasteiger partial charge in [0.2, 0.25) is 0 Å². The molecular formula is C19H22N6O2. The van der Waals surface area contributed by atoms with Gasteiger partial charge in [-0.3, -0.25) is 4.79 Å². The number of carbonyl (C=O) groups is 1. The SMILES string of the molecule is Cc1nc(NCCNC(=O)c2cc(-c3ccccc3)on2)cc(N(C)C)n1. The molecule has 0 saturated heterocycles. The average molecular weight is 366 g/mol. The Labute approximate surface area is 157 Å². The molecule has 2 N–H and O–H groups in total. The summed E-state index contributed by atoms with van der Waals surface area (Å²) in [6.07, 6.45) is 0. The molecule has 0 spiro atoms. The van der Waals surface area contributed by atoms with Gasteiger partial charge in [-0.05, 0) is 6.92 Å². The molecule has 8 heteroatoms. The van der Waals surface area contributed by atoms with E-state index in [9.17, 15) is 4.79 Å². The molecule has 8 nitrogen and oxygen atoms in total. The minimum Gasteiger partial charge on any atom is -0.368 e. The monoisotopic (exact) mass is 366 g/mol. The first kappa shape index (κ1) is 18.4. The summed E-state index contributed by atoms with van der Waals surface area (Å²) in [4.78, 5) is 22.8. The number of aromatic nitrogens is 3. The Bertz CT molecular complexity index is 908. The lowest BCUT2D eigenvalue weighted by atomic mass is 10.1. The van der Waals surface area contributed by atoms with E-state index in [1.165, 1.54) is 0 Å². The van der Waals surface area contributed by atoms with Gasteiger partial charge in [0, 0.05) is 44.9 Å². The lowest BCUT2D eigenvalue weighted by Gasteiger charge is -2.14. The Morgan fingerprint density at radius 3 is 2.63 bits per heavy atom. The summed E-state index contributed by atoms with van der Waals surface area (Å²) < 4.78 is 5.25. The van der Waals surface area contributed by atoms with Crippen molar-refractivity contribution in [3.05, 3.63) is 54.0 Å². The zero-order valence-corrected chi connectivity index (χ0v) is 15.6. The first-order valence-corrected chi connectivity index (χ1v) is 8.60. The predicted molar refractivity (Wildman–Crippen MR) is 104 cm³/mol. The second-order valence-electron chi connectivity index (χ2n) is 6.18. The minimum absolute atomic E-state index is 0.252. The number of rotatable bonds is 7. The molecule has 140 valence electrons. The zero-order chi connectivity index (χ0) is 19.2. The molecule has 0 bridgehead atoms. The van der Waals surface area contributed by atoms with Crippen LogP contribution in [0.2, 0.25) is 0 Å². The van der Waals surface area contributed by atoms with Crippen LogP contribution in [0.3, 0.4) is 0 Å². The van der Waals surface area contributed by atoms with E-state index in [0.29, 0.717) is 30.5 Å². The van der Waals surface area contributed by atoms with Crippen LogP contribution in [0.5, 0.6) is 0 Å². The van der Waals surface area contributed by atoms with Gasteiger partial charge in [-0.2, -0.15) is 0 Å². The molecule has 0 saturated carbocycles. The fourth-order valence-electron chi connectivity index (χ4n) is 2.45. The number of hydrogen-bond acceptors (Lipinski definition) is 7. The maximum Gasteiger partial charge on any atom is 0.273 e. The number of nitrogens with one attached hydrogen (secondary N) is 2. The number of hydrogen-bond donors (Lipinski definition) is 2. The van der Waals surface area contributed by atoms with E-state index >= 15 is 0 Å². The molecule has 0 aliphatic heterocycles. The van der Waals surface area contributed by atoms with Crippen molar-refractivity contribution in [2.75, 3.05) is 37.4 Å². The van der Waals surface area contributed by atoms with Crippen molar-refractivity contribution < 1.29 is 9.32 Å². The highest BCUT2D eigenvalue weighted by Crippen LogP contribution is 2.19. The Morgan fingerprint density at radius 2 is 1.89 bits per heavy atom. The van der Waals surface area contributed by atoms with Gasteiger partial charge < -0.3 is 20.1 Å². The third-order valence-corrected chi connectivity index (χ3v) is 3.80. The summed E-state index contributed by atoms with van der Waals surface area (Å²) in [6, 6.07) is 13.0. The van der Waals surface area contributed by atoms with Crippen LogP contribution >= 0.6 is 0 Å². The maximum atomic E-state index is 12.2. The number of amides is 1. The number of anilines is 2. The number of benzene rings is 1. The molecule has 0 radical (unpaired) electrons. The molecule has 3 aromatic rings. The molecule has 0 fully saturated rings. The fraction of sp³-hybridized carbons (Fsp3) is 0.263. The van der Waals surface area contributed by atoms with Crippen molar-refractivity contribution in [3.8, 4) is 11.3 Å². The second-order valence-corrected chi connectivity index (χ2v) is 6.18. The van der Waals surface area contributed by atoms with E-state index in [1.54, 1.807) is 6.07 Å². The Balaban J connectivity index is 1.51. The summed E-state index contributed by atoms with van der Waals surface area (Å²) in [7, 11) is 3.85. The maximum absolute atomic E-state index is 12.2. The summed E-state index contributed by atoms with van der Waals surface area (Å²) in [5.41, 5.74) is 1.13. The topological polar surface area (TPSA) is 96.2 Å². The standard InChI is InChI=1S/C19H22N6O2/c1-13-22-17(12-18(23-13)25(2)3)20-9-10-21-19(26)15-11-16(27-24-15)14-7-5-4-6-8-14/h4-8,11-12H,9-10H2,1-3H3,(H,21,26)(H,20,22,23). The van der Waals surface area contributed by atoms with Gasteiger partial charge in [-0.25, -0.2) is 9.97 Å². The van der Waals surface area contributed by atoms with E-state index in [-0.39, 0.29) is 11.6 Å². The van der Waals surface area contributed by atoms with Crippen LogP contribution in [-0.4, -0.2) is 48.2 Å². The first-order valence-electron chi connectivity index (χ1n) is 8.60. The Hall–Kier alpha value is -3.42. The molecule has 2 heterocycles. The van der Waals surface area contributed by atoms with Crippen LogP contribution in [-0.2, 0) is 0 Å². The van der Waals surface area contributed by atoms with E-state index < -0.39 is 0 Å². The van der Waals surface area contributed by atoms with E-state index in [0.717, 1.165) is 11.4 Å². The minimum atomic E-state index is -0.282. The molecular weight excluding hydrogens is 344 g/mol. The first-order chi connectivity index (χ1) is 13.0. The Kier molecular flexibility index (Phi) is 5.65. The van der Waals surface area contributed by atoms with Crippen molar-refractivity contribution in [1.82, 2.24) is 20.4 Å². The van der Waals surface area contributed by atoms with Gasteiger partial charge in [0.1, 0.15) is 17.5 Å². The van der Waals surface area contributed by atoms with Crippen LogP contribution in [0.15, 0.2) is 47.0 Å². The van der Waals surface area contributed by atoms with Crippen LogP contribution in [0.25, 0.3) is 11.3 Å². The van der Waals surface area contributed by atoms with Crippen molar-refractivity contribution >= 4 is 17.5 Å². The molecule has 0 atom stereocenters. The van der Waals surface area contributed by atoms with Crippen molar-refractivity contribution in [2.24, 2.45) is 0 Å². The normalized spacial score (nSPS) is 10.5. The quantitative estimate of drug-likeness (QED) is 0.620. The third-order valence-electron chi connectivity index (χ3n) is 3.80. The lowest BCUT2D eigenvalue weighted by molar-refractivity contribution is 0.0946. The number of carbonyl (C=O) groups excluding carboxylic acids is 1. The fourth-order valence-corrected chi connectivity index (χ4v) is 2.45. The zero-order valence-electron chi connectivity index (χ0n) is 15.6. The molecule has 1 aromatic carbocycles. The van der Waals surface area contributed by atoms with Crippen LogP contribution in [0, 0.1) is 6.92 Å². The molecule has 0 aliphatic carbocycles. The van der Waals surface area contributed by atoms with Crippen molar-refractivity contribution in [1.29, 1.82) is 0 Å². The summed E-state index contributed by atoms with van der Waals surface area (Å²) in [5, 5.41) is 9.83. The highest BCUT2D eigenvalue weighted by atomic mass is 16.5. The summed E-state index contributed by atoms with van der Waals surface area (Å²) in [5.74, 6) is 2.50. The van der Waals surface area contributed by atoms with Crippen molar-refractivity contribution in [2.45, 2.75) is 6.92 Å². The van der Waals surface area contributed by atoms with Gasteiger partial charge in [-0.15, -0.1) is 0 Å². The Morgan fingerprint density at radius 1 is 1.11 bits per heavy atom. The van der Waals surface area contributed by atoms with E-state index in [2.05, 4.69) is 25.8 Å². The van der Waals surface area contributed by atoms with Gasteiger partial charge in [-0.1, -0.05) is 35.5 Å². The summed E-state index contributed by atoms with van der Waals surface area (Å²) >= 11 is 0. The number of aryl methyl sites for hydroxylation is 1. The molecule has 1 amide bonds. The summed E-state index contributed by atoms with van der Waals surface area (Å²) in [6.45, 7) is 2.79. The second kappa shape index (κ2) is 8.31. The predicted octanol–water partition coefficient (Wildman–Crippen LogP) is 2.35. The van der Waals surface area contributed by atoms with E-state index in [1.807, 2.05) is 62.3 Å². The molecule has 3 rings (SSSR count). The van der Waals surface area contributed by atoms with Crippen LogP contribution in [0.4, 0.5) is 11.6 Å². The number of nitrogens with zero attached hydrogens (tertiary/aromatic N) is 4. The molecule has 0 aliphatic rings. The van der Waals surface area contributed by atoms with Gasteiger partial charge in [0.05, 0.1) is 0 Å². The lowest BCUT2D eigenvalue weighted by Crippen LogP contribution is -2.29. The smallest absolute Gasteiger partial charge is 0.273 e. The van der Waals surface area contributed by atoms with Crippen LogP contribution < -0.4 is 15.5 Å². The molecule has 0 unspecified atom stereocenters. The molecule has 2 aromatic heterocycles.